The van der Waals surface area contributed by atoms with Crippen LogP contribution in [0.5, 0.6) is 0 Å². The maximum Gasteiger partial charge on any atom is 0.231 e. The van der Waals surface area contributed by atoms with E-state index in [1.807, 2.05) is 18.7 Å². The van der Waals surface area contributed by atoms with Crippen molar-refractivity contribution < 1.29 is 10.2 Å². The highest BCUT2D eigenvalue weighted by molar-refractivity contribution is 5.43. The highest BCUT2D eigenvalue weighted by Gasteiger charge is 2.24. The molecule has 5 N–H and O–H groups in total. The van der Waals surface area contributed by atoms with Gasteiger partial charge in [-0.3, -0.25) is 0 Å². The van der Waals surface area contributed by atoms with Gasteiger partial charge >= 0.3 is 0 Å². The van der Waals surface area contributed by atoms with Crippen LogP contribution in [0.2, 0.25) is 0 Å². The second-order valence-electron chi connectivity index (χ2n) is 4.49. The van der Waals surface area contributed by atoms with Gasteiger partial charge in [0, 0.05) is 13.1 Å². The number of hydrogen-bond acceptors (Lipinski definition) is 8. The summed E-state index contributed by atoms with van der Waals surface area (Å²) in [5, 5.41) is 21.4. The number of hydrogen-bond donors (Lipinski definition) is 4. The average Bonchev–Trinajstić information content (AvgIpc) is 2.39. The largest absolute Gasteiger partial charge is 0.394 e. The number of aromatic nitrogens is 3. The van der Waals surface area contributed by atoms with E-state index in [1.165, 1.54) is 0 Å². The third-order valence-electron chi connectivity index (χ3n) is 2.80. The first-order valence-electron chi connectivity index (χ1n) is 6.24. The van der Waals surface area contributed by atoms with Gasteiger partial charge in [0.05, 0.1) is 18.8 Å². The summed E-state index contributed by atoms with van der Waals surface area (Å²) in [6.07, 6.45) is 0. The summed E-state index contributed by atoms with van der Waals surface area (Å²) in [7, 11) is 0. The van der Waals surface area contributed by atoms with E-state index in [1.54, 1.807) is 6.92 Å². The van der Waals surface area contributed by atoms with E-state index < -0.39 is 5.54 Å². The van der Waals surface area contributed by atoms with Crippen LogP contribution in [-0.4, -0.2) is 57.0 Å². The van der Waals surface area contributed by atoms with Crippen LogP contribution in [0.1, 0.15) is 20.8 Å². The van der Waals surface area contributed by atoms with Crippen LogP contribution in [0.25, 0.3) is 0 Å². The van der Waals surface area contributed by atoms with Gasteiger partial charge in [0.25, 0.3) is 0 Å². The van der Waals surface area contributed by atoms with E-state index in [-0.39, 0.29) is 25.1 Å². The van der Waals surface area contributed by atoms with Gasteiger partial charge in [0.1, 0.15) is 0 Å². The van der Waals surface area contributed by atoms with Gasteiger partial charge in [-0.05, 0) is 20.8 Å². The fourth-order valence-corrected chi connectivity index (χ4v) is 1.48. The van der Waals surface area contributed by atoms with Crippen molar-refractivity contribution in [2.75, 3.05) is 42.3 Å². The second kappa shape index (κ2) is 6.48. The Balaban J connectivity index is 3.03. The Morgan fingerprint density at radius 3 is 2.21 bits per heavy atom. The van der Waals surface area contributed by atoms with Crippen LogP contribution in [0, 0.1) is 0 Å². The van der Waals surface area contributed by atoms with Crippen LogP contribution in [0.3, 0.4) is 0 Å². The van der Waals surface area contributed by atoms with Crippen LogP contribution in [-0.2, 0) is 0 Å². The fraction of sp³-hybridized carbons (Fsp3) is 0.727. The van der Waals surface area contributed by atoms with Gasteiger partial charge in [-0.25, -0.2) is 0 Å². The predicted octanol–water partition coefficient (Wildman–Crippen LogP) is -0.545. The molecule has 1 aromatic rings. The Labute approximate surface area is 112 Å². The van der Waals surface area contributed by atoms with Gasteiger partial charge in [-0.2, -0.15) is 15.0 Å². The maximum atomic E-state index is 9.25. The minimum absolute atomic E-state index is 0.0950. The van der Waals surface area contributed by atoms with E-state index in [4.69, 9.17) is 5.73 Å². The van der Waals surface area contributed by atoms with Crippen molar-refractivity contribution in [2.45, 2.75) is 26.3 Å². The summed E-state index contributed by atoms with van der Waals surface area (Å²) in [4.78, 5) is 14.2. The summed E-state index contributed by atoms with van der Waals surface area (Å²) in [6, 6.07) is 0. The molecule has 0 amide bonds. The number of nitrogens with zero attached hydrogens (tertiary/aromatic N) is 4. The highest BCUT2D eigenvalue weighted by atomic mass is 16.3. The van der Waals surface area contributed by atoms with E-state index >= 15 is 0 Å². The Kier molecular flexibility index (Phi) is 5.25. The molecule has 8 nitrogen and oxygen atoms in total. The summed E-state index contributed by atoms with van der Waals surface area (Å²) < 4.78 is 0. The summed E-state index contributed by atoms with van der Waals surface area (Å²) in [6.45, 7) is 6.62. The zero-order chi connectivity index (χ0) is 14.5. The highest BCUT2D eigenvalue weighted by Crippen LogP contribution is 2.15. The van der Waals surface area contributed by atoms with E-state index in [9.17, 15) is 10.2 Å². The lowest BCUT2D eigenvalue weighted by molar-refractivity contribution is 0.147. The average molecular weight is 270 g/mol. The first-order chi connectivity index (χ1) is 8.97. The molecule has 0 fully saturated rings. The van der Waals surface area contributed by atoms with Crippen molar-refractivity contribution in [3.8, 4) is 0 Å². The normalized spacial score (nSPS) is 11.4. The topological polar surface area (TPSA) is 120 Å². The summed E-state index contributed by atoms with van der Waals surface area (Å²) in [5.74, 6) is 0.802. The summed E-state index contributed by atoms with van der Waals surface area (Å²) >= 11 is 0. The quantitative estimate of drug-likeness (QED) is 0.521. The molecular formula is C11H22N6O2. The van der Waals surface area contributed by atoms with Crippen LogP contribution >= 0.6 is 0 Å². The molecule has 0 spiro atoms. The van der Waals surface area contributed by atoms with Crippen molar-refractivity contribution in [1.29, 1.82) is 0 Å². The Morgan fingerprint density at radius 2 is 1.74 bits per heavy atom. The molecule has 1 heterocycles. The molecule has 0 bridgehead atoms. The third-order valence-corrected chi connectivity index (χ3v) is 2.80. The van der Waals surface area contributed by atoms with Crippen LogP contribution < -0.4 is 16.0 Å². The van der Waals surface area contributed by atoms with Gasteiger partial charge in [-0.15, -0.1) is 0 Å². The van der Waals surface area contributed by atoms with Crippen molar-refractivity contribution >= 4 is 17.8 Å². The second-order valence-corrected chi connectivity index (χ2v) is 4.49. The SMILES string of the molecule is CCN(CC)c1nc(N)nc(NC(C)(CO)CO)n1. The smallest absolute Gasteiger partial charge is 0.231 e. The number of rotatable bonds is 7. The van der Waals surface area contributed by atoms with Crippen LogP contribution in [0.4, 0.5) is 17.8 Å². The number of nitrogens with two attached hydrogens (primary N) is 1. The molecule has 8 heteroatoms. The van der Waals surface area contributed by atoms with Crippen molar-refractivity contribution in [3.05, 3.63) is 0 Å². The maximum absolute atomic E-state index is 9.25. The van der Waals surface area contributed by atoms with Gasteiger partial charge in [-0.1, -0.05) is 0 Å². The first kappa shape index (κ1) is 15.4. The monoisotopic (exact) mass is 270 g/mol. The van der Waals surface area contributed by atoms with Crippen LogP contribution in [0.15, 0.2) is 0 Å². The lowest BCUT2D eigenvalue weighted by Gasteiger charge is -2.27. The molecule has 0 saturated heterocycles. The molecule has 0 aromatic carbocycles. The van der Waals surface area contributed by atoms with Gasteiger partial charge < -0.3 is 26.2 Å². The van der Waals surface area contributed by atoms with E-state index in [2.05, 4.69) is 20.3 Å². The van der Waals surface area contributed by atoms with Crippen molar-refractivity contribution in [3.63, 3.8) is 0 Å². The van der Waals surface area contributed by atoms with Crippen molar-refractivity contribution in [1.82, 2.24) is 15.0 Å². The predicted molar refractivity (Wildman–Crippen MR) is 74.0 cm³/mol. The lowest BCUT2D eigenvalue weighted by Crippen LogP contribution is -2.43. The molecule has 0 radical (unpaired) electrons. The molecule has 108 valence electrons. The number of aliphatic hydroxyl groups excluding tert-OH is 2. The molecule has 0 aliphatic heterocycles. The zero-order valence-corrected chi connectivity index (χ0v) is 11.6. The Bertz CT molecular complexity index is 406. The van der Waals surface area contributed by atoms with E-state index in [0.717, 1.165) is 13.1 Å². The first-order valence-corrected chi connectivity index (χ1v) is 6.24. The lowest BCUT2D eigenvalue weighted by atomic mass is 10.1. The third kappa shape index (κ3) is 3.90. The molecule has 0 aliphatic rings. The molecular weight excluding hydrogens is 248 g/mol. The minimum atomic E-state index is -0.908. The molecule has 0 atom stereocenters. The minimum Gasteiger partial charge on any atom is -0.394 e. The van der Waals surface area contributed by atoms with Crippen molar-refractivity contribution in [2.24, 2.45) is 0 Å². The molecule has 0 saturated carbocycles. The molecule has 19 heavy (non-hydrogen) atoms. The Hall–Kier alpha value is -1.67. The number of nitrogen functional groups attached to an aromatic ring is 1. The fourth-order valence-electron chi connectivity index (χ4n) is 1.48. The Morgan fingerprint density at radius 1 is 1.16 bits per heavy atom. The number of aliphatic hydroxyl groups is 2. The number of anilines is 3. The summed E-state index contributed by atoms with van der Waals surface area (Å²) in [5.41, 5.74) is 4.75. The number of nitrogens with one attached hydrogen (secondary N) is 1. The molecule has 1 aromatic heterocycles. The van der Waals surface area contributed by atoms with Gasteiger partial charge in [0.2, 0.25) is 17.8 Å². The van der Waals surface area contributed by atoms with Gasteiger partial charge in [0.15, 0.2) is 0 Å². The zero-order valence-electron chi connectivity index (χ0n) is 11.6. The molecule has 0 aliphatic carbocycles. The van der Waals surface area contributed by atoms with E-state index in [0.29, 0.717) is 5.95 Å². The standard InChI is InChI=1S/C11H22N6O2/c1-4-17(5-2)10-14-8(12)13-9(15-10)16-11(3,6-18)7-19/h18-19H,4-7H2,1-3H3,(H3,12,13,14,15,16). The molecule has 0 unspecified atom stereocenters. The molecule has 1 rings (SSSR count).